The molecule has 1 fully saturated rings. The number of nitrogens with zero attached hydrogens (tertiary/aromatic N) is 1. The molecule has 1 aromatic carbocycles. The number of esters is 1. The van der Waals surface area contributed by atoms with E-state index in [2.05, 4.69) is 12.1 Å². The first-order valence-electron chi connectivity index (χ1n) is 10.2. The molecule has 1 saturated heterocycles. The van der Waals surface area contributed by atoms with Crippen molar-refractivity contribution in [3.8, 4) is 0 Å². The predicted molar refractivity (Wildman–Crippen MR) is 126 cm³/mol. The van der Waals surface area contributed by atoms with Crippen molar-refractivity contribution in [1.29, 1.82) is 0 Å². The maximum atomic E-state index is 13.2. The molecule has 2 rings (SSSR count). The van der Waals surface area contributed by atoms with Crippen LogP contribution in [0.25, 0.3) is 0 Å². The summed E-state index contributed by atoms with van der Waals surface area (Å²) in [5.41, 5.74) is 0.236. The van der Waals surface area contributed by atoms with E-state index in [4.69, 9.17) is 39.5 Å². The maximum absolute atomic E-state index is 13.2. The third-order valence-corrected chi connectivity index (χ3v) is 18.3. The van der Waals surface area contributed by atoms with Crippen molar-refractivity contribution in [1.82, 2.24) is 4.90 Å². The van der Waals surface area contributed by atoms with Crippen molar-refractivity contribution in [2.75, 3.05) is 6.61 Å². The fraction of sp³-hybridized carbons (Fsp3) is 0.500. The van der Waals surface area contributed by atoms with E-state index in [1.54, 1.807) is 22.1 Å². The molecule has 0 aliphatic carbocycles. The summed E-state index contributed by atoms with van der Waals surface area (Å²) in [6.45, 7) is 8.57. The second-order valence-electron chi connectivity index (χ2n) is 8.92. The summed E-state index contributed by atoms with van der Waals surface area (Å²) in [6, 6.07) is 10.1. The predicted octanol–water partition coefficient (Wildman–Crippen LogP) is 5.04. The summed E-state index contributed by atoms with van der Waals surface area (Å²) < 4.78 is 4.72. The number of Topliss-reactive ketones (excluding diaryl/α,β-unsaturated/α-hetero) is 1. The average molecular weight is 707 g/mol. The van der Waals surface area contributed by atoms with Crippen LogP contribution in [0.5, 0.6) is 0 Å². The Kier molecular flexibility index (Phi) is 9.99. The first-order valence-corrected chi connectivity index (χ1v) is 21.8. The summed E-state index contributed by atoms with van der Waals surface area (Å²) in [6.07, 6.45) is 0.151. The van der Waals surface area contributed by atoms with Crippen molar-refractivity contribution in [3.05, 3.63) is 41.6 Å². The molecule has 1 aromatic rings. The first-order chi connectivity index (χ1) is 14.7. The molecule has 172 valence electrons. The minimum atomic E-state index is -1.75. The van der Waals surface area contributed by atoms with Crippen LogP contribution < -0.4 is 3.07 Å². The standard InChI is InChI=1S/C16H22Cl3NO4S.C6H5.Hg/c1-8(2)11(14(23)24-7-16(17,18)19)20-12(22)9(13(20)25)6-10(21)15(3,4)5;1-2-4-6-5-3-1;/h9,13,25H,6-7H2,1-5H3;1-5H;/q;;+1/p-1/t9-,13-;;/m1../s1. The Balaban J connectivity index is 2.28. The topological polar surface area (TPSA) is 63.7 Å². The molecule has 10 heteroatoms. The van der Waals surface area contributed by atoms with Gasteiger partial charge in [-0.1, -0.05) is 0 Å². The Hall–Kier alpha value is -0.275. The van der Waals surface area contributed by atoms with Gasteiger partial charge in [-0.05, 0) is 0 Å². The first kappa shape index (κ1) is 28.0. The number of carbonyl (C=O) groups excluding carboxylic acids is 3. The zero-order valence-electron chi connectivity index (χ0n) is 18.8. The molecule has 0 radical (unpaired) electrons. The Morgan fingerprint density at radius 2 is 1.72 bits per heavy atom. The van der Waals surface area contributed by atoms with Gasteiger partial charge in [0.2, 0.25) is 0 Å². The number of alkyl halides is 3. The number of benzene rings is 1. The number of β-lactam (4-membered cyclic amide) rings is 1. The number of ether oxygens (including phenoxy) is 1. The molecule has 0 bridgehead atoms. The molecular weight excluding hydrogens is 681 g/mol. The summed E-state index contributed by atoms with van der Waals surface area (Å²) in [7, 11) is 1.73. The van der Waals surface area contributed by atoms with Gasteiger partial charge in [0.25, 0.3) is 0 Å². The molecule has 0 unspecified atom stereocenters. The van der Waals surface area contributed by atoms with Gasteiger partial charge in [0.15, 0.2) is 0 Å². The number of amides is 1. The number of rotatable bonds is 8. The number of allylic oxidation sites excluding steroid dienone is 1. The van der Waals surface area contributed by atoms with Gasteiger partial charge in [-0.2, -0.15) is 0 Å². The third-order valence-electron chi connectivity index (χ3n) is 4.93. The van der Waals surface area contributed by atoms with Crippen LogP contribution in [0.4, 0.5) is 0 Å². The Morgan fingerprint density at radius 1 is 1.12 bits per heavy atom. The SMILES string of the molecule is CC(C)=C(C(=O)OCC(Cl)(Cl)Cl)N1C(=O)[C@@H](CC(=O)C(C)(C)C)[C@H]1[S][Hg][c]1ccccc1. The summed E-state index contributed by atoms with van der Waals surface area (Å²) in [5, 5.41) is -0.291. The average Bonchev–Trinajstić information content (AvgIpc) is 2.69. The van der Waals surface area contributed by atoms with E-state index >= 15 is 0 Å². The molecule has 5 nitrogen and oxygen atoms in total. The van der Waals surface area contributed by atoms with Crippen LogP contribution in [-0.2, 0) is 42.2 Å². The number of hydrogen-bond acceptors (Lipinski definition) is 5. The van der Waals surface area contributed by atoms with Gasteiger partial charge in [0.1, 0.15) is 0 Å². The summed E-state index contributed by atoms with van der Waals surface area (Å²) in [4.78, 5) is 40.1. The van der Waals surface area contributed by atoms with Gasteiger partial charge in [-0.15, -0.1) is 0 Å². The van der Waals surface area contributed by atoms with E-state index in [-0.39, 0.29) is 29.2 Å². The van der Waals surface area contributed by atoms with E-state index in [1.165, 1.54) is 7.97 Å². The fourth-order valence-electron chi connectivity index (χ4n) is 3.16. The number of carbonyl (C=O) groups is 3. The van der Waals surface area contributed by atoms with Crippen LogP contribution in [-0.4, -0.2) is 38.3 Å². The van der Waals surface area contributed by atoms with Gasteiger partial charge in [-0.25, -0.2) is 0 Å². The van der Waals surface area contributed by atoms with E-state index in [0.29, 0.717) is 5.57 Å². The molecule has 0 aromatic heterocycles. The second kappa shape index (κ2) is 11.4. The monoisotopic (exact) mass is 707 g/mol. The zero-order chi connectivity index (χ0) is 24.3. The van der Waals surface area contributed by atoms with E-state index in [1.807, 2.05) is 39.0 Å². The number of ketones is 1. The molecule has 2 atom stereocenters. The zero-order valence-corrected chi connectivity index (χ0v) is 27.4. The van der Waals surface area contributed by atoms with Crippen LogP contribution >= 0.6 is 43.0 Å². The molecule has 1 aliphatic rings. The Morgan fingerprint density at radius 3 is 2.22 bits per heavy atom. The van der Waals surface area contributed by atoms with Crippen molar-refractivity contribution < 1.29 is 42.2 Å². The van der Waals surface area contributed by atoms with Crippen LogP contribution in [0.3, 0.4) is 0 Å². The Labute approximate surface area is 219 Å². The fourth-order valence-corrected chi connectivity index (χ4v) is 16.7. The number of hydrogen-bond donors (Lipinski definition) is 0. The third kappa shape index (κ3) is 7.62. The van der Waals surface area contributed by atoms with Crippen LogP contribution in [0, 0.1) is 11.3 Å². The van der Waals surface area contributed by atoms with Crippen molar-refractivity contribution in [3.63, 3.8) is 0 Å². The molecular formula is C22H26Cl3HgNO4S. The molecule has 0 spiro atoms. The second-order valence-corrected chi connectivity index (χ2v) is 23.0. The van der Waals surface area contributed by atoms with Crippen molar-refractivity contribution in [2.45, 2.75) is 50.2 Å². The van der Waals surface area contributed by atoms with Crippen LogP contribution in [0.2, 0.25) is 0 Å². The normalized spacial score (nSPS) is 18.5. The molecule has 0 N–H and O–H groups in total. The van der Waals surface area contributed by atoms with Gasteiger partial charge in [-0.3, -0.25) is 0 Å². The molecule has 1 heterocycles. The molecule has 1 aliphatic heterocycles. The van der Waals surface area contributed by atoms with Crippen molar-refractivity contribution in [2.24, 2.45) is 11.3 Å². The van der Waals surface area contributed by atoms with Gasteiger partial charge >= 0.3 is 221 Å². The van der Waals surface area contributed by atoms with Crippen LogP contribution in [0.1, 0.15) is 41.0 Å². The van der Waals surface area contributed by atoms with Gasteiger partial charge in [0, 0.05) is 0 Å². The van der Waals surface area contributed by atoms with E-state index < -0.39 is 50.8 Å². The molecule has 1 amide bonds. The molecule has 32 heavy (non-hydrogen) atoms. The number of likely N-dealkylation sites (tertiary alicyclic amines) is 1. The van der Waals surface area contributed by atoms with E-state index in [0.717, 1.165) is 0 Å². The Bertz CT molecular complexity index is 893. The summed E-state index contributed by atoms with van der Waals surface area (Å²) in [5.74, 6) is -1.41. The van der Waals surface area contributed by atoms with Crippen molar-refractivity contribution >= 4 is 63.8 Å². The quantitative estimate of drug-likeness (QED) is 0.125. The van der Waals surface area contributed by atoms with Gasteiger partial charge in [0.05, 0.1) is 0 Å². The number of halogens is 3. The minimum absolute atomic E-state index is 0.0232. The van der Waals surface area contributed by atoms with Gasteiger partial charge < -0.3 is 0 Å². The van der Waals surface area contributed by atoms with E-state index in [9.17, 15) is 14.4 Å². The van der Waals surface area contributed by atoms with Crippen LogP contribution in [0.15, 0.2) is 41.6 Å². The summed E-state index contributed by atoms with van der Waals surface area (Å²) >= 11 is 15.5. The molecule has 0 saturated carbocycles.